The van der Waals surface area contributed by atoms with E-state index in [4.69, 9.17) is 21.7 Å². The van der Waals surface area contributed by atoms with Gasteiger partial charge in [-0.05, 0) is 12.1 Å². The van der Waals surface area contributed by atoms with Crippen LogP contribution in [-0.4, -0.2) is 11.4 Å². The molecule has 0 radical (unpaired) electrons. The van der Waals surface area contributed by atoms with Gasteiger partial charge in [-0.15, -0.1) is 0 Å². The molecule has 0 spiro atoms. The molecule has 0 heterocycles. The molecule has 0 bridgehead atoms. The predicted octanol–water partition coefficient (Wildman–Crippen LogP) is 4.67. The third-order valence-corrected chi connectivity index (χ3v) is 2.74. The van der Waals surface area contributed by atoms with E-state index in [1.54, 1.807) is 36.4 Å². The van der Waals surface area contributed by atoms with E-state index < -0.39 is 17.5 Å². The van der Waals surface area contributed by atoms with Crippen molar-refractivity contribution in [1.29, 1.82) is 0 Å². The van der Waals surface area contributed by atoms with Gasteiger partial charge in [0.15, 0.2) is 0 Å². The number of benzene rings is 2. The zero-order chi connectivity index (χ0) is 15.3. The highest BCUT2D eigenvalue weighted by Crippen LogP contribution is 2.36. The maximum Gasteiger partial charge on any atom is 0.429 e. The number of halogens is 3. The summed E-state index contributed by atoms with van der Waals surface area (Å²) >= 11 is 4.74. The first-order valence-corrected chi connectivity index (χ1v) is 6.43. The standard InChI is InChI=1S/C15H11F3O2S/c16-15(17,18)13(11-7-3-1-4-8-11)20-14(21)19-12-9-5-2-6-10-12/h1-10,13H. The van der Waals surface area contributed by atoms with Crippen LogP contribution in [0.3, 0.4) is 0 Å². The van der Waals surface area contributed by atoms with E-state index in [0.29, 0.717) is 5.75 Å². The first-order chi connectivity index (χ1) is 9.97. The molecule has 0 aliphatic rings. The maximum absolute atomic E-state index is 13.1. The Morgan fingerprint density at radius 1 is 0.905 bits per heavy atom. The topological polar surface area (TPSA) is 18.5 Å². The van der Waals surface area contributed by atoms with Crippen molar-refractivity contribution >= 4 is 17.5 Å². The summed E-state index contributed by atoms with van der Waals surface area (Å²) in [5.74, 6) is 0.316. The number of thiocarbonyl (C=S) groups is 1. The quantitative estimate of drug-likeness (QED) is 0.767. The molecule has 2 rings (SSSR count). The molecular formula is C15H11F3O2S. The van der Waals surface area contributed by atoms with Gasteiger partial charge in [0.05, 0.1) is 0 Å². The zero-order valence-corrected chi connectivity index (χ0v) is 11.5. The van der Waals surface area contributed by atoms with Gasteiger partial charge in [0.2, 0.25) is 6.10 Å². The van der Waals surface area contributed by atoms with Crippen molar-refractivity contribution in [3.8, 4) is 5.75 Å². The molecule has 2 nitrogen and oxygen atoms in total. The van der Waals surface area contributed by atoms with Crippen LogP contribution in [-0.2, 0) is 4.74 Å². The summed E-state index contributed by atoms with van der Waals surface area (Å²) < 4.78 is 49.1. The fraction of sp³-hybridized carbons (Fsp3) is 0.133. The van der Waals surface area contributed by atoms with Crippen LogP contribution in [0.1, 0.15) is 11.7 Å². The van der Waals surface area contributed by atoms with Gasteiger partial charge >= 0.3 is 11.4 Å². The minimum atomic E-state index is -4.59. The van der Waals surface area contributed by atoms with Gasteiger partial charge in [-0.1, -0.05) is 48.5 Å². The van der Waals surface area contributed by atoms with Gasteiger partial charge < -0.3 is 9.47 Å². The van der Waals surface area contributed by atoms with Gasteiger partial charge in [0.25, 0.3) is 0 Å². The molecule has 0 saturated heterocycles. The summed E-state index contributed by atoms with van der Waals surface area (Å²) in [5.41, 5.74) is -0.0380. The average Bonchev–Trinajstić information content (AvgIpc) is 2.45. The Morgan fingerprint density at radius 3 is 1.95 bits per heavy atom. The Balaban J connectivity index is 2.11. The smallest absolute Gasteiger partial charge is 0.429 e. The lowest BCUT2D eigenvalue weighted by atomic mass is 10.1. The van der Waals surface area contributed by atoms with E-state index in [9.17, 15) is 13.2 Å². The monoisotopic (exact) mass is 312 g/mol. The van der Waals surface area contributed by atoms with Crippen molar-refractivity contribution in [2.24, 2.45) is 0 Å². The van der Waals surface area contributed by atoms with Crippen molar-refractivity contribution < 1.29 is 22.6 Å². The second-order valence-electron chi connectivity index (χ2n) is 4.12. The van der Waals surface area contributed by atoms with Crippen LogP contribution in [0.5, 0.6) is 5.75 Å². The van der Waals surface area contributed by atoms with Gasteiger partial charge in [-0.3, -0.25) is 0 Å². The lowest BCUT2D eigenvalue weighted by Gasteiger charge is -2.22. The molecule has 0 aliphatic heterocycles. The lowest BCUT2D eigenvalue weighted by Crippen LogP contribution is -2.27. The molecule has 6 heteroatoms. The second kappa shape index (κ2) is 6.58. The number of alkyl halides is 3. The van der Waals surface area contributed by atoms with Crippen LogP contribution >= 0.6 is 12.2 Å². The van der Waals surface area contributed by atoms with E-state index in [2.05, 4.69) is 0 Å². The SMILES string of the molecule is FC(F)(F)C(OC(=S)Oc1ccccc1)c1ccccc1. The molecule has 1 unspecified atom stereocenters. The highest BCUT2D eigenvalue weighted by Gasteiger charge is 2.43. The van der Waals surface area contributed by atoms with E-state index in [1.165, 1.54) is 24.3 Å². The van der Waals surface area contributed by atoms with Gasteiger partial charge in [-0.25, -0.2) is 0 Å². The number of ether oxygens (including phenoxy) is 2. The molecule has 0 N–H and O–H groups in total. The minimum Gasteiger partial charge on any atom is -0.439 e. The fourth-order valence-electron chi connectivity index (χ4n) is 1.66. The normalized spacial score (nSPS) is 12.5. The van der Waals surface area contributed by atoms with E-state index in [0.717, 1.165) is 0 Å². The van der Waals surface area contributed by atoms with Crippen molar-refractivity contribution in [3.63, 3.8) is 0 Å². The fourth-order valence-corrected chi connectivity index (χ4v) is 1.85. The summed E-state index contributed by atoms with van der Waals surface area (Å²) in [5, 5.41) is -0.577. The molecule has 1 atom stereocenters. The van der Waals surface area contributed by atoms with E-state index in [-0.39, 0.29) is 5.56 Å². The summed E-state index contributed by atoms with van der Waals surface area (Å²) in [4.78, 5) is 0. The third kappa shape index (κ3) is 4.46. The zero-order valence-electron chi connectivity index (χ0n) is 10.7. The molecule has 21 heavy (non-hydrogen) atoms. The molecule has 0 saturated carbocycles. The van der Waals surface area contributed by atoms with Crippen molar-refractivity contribution in [2.75, 3.05) is 0 Å². The molecular weight excluding hydrogens is 301 g/mol. The van der Waals surface area contributed by atoms with E-state index >= 15 is 0 Å². The first kappa shape index (κ1) is 15.3. The number of hydrogen-bond donors (Lipinski definition) is 0. The van der Waals surface area contributed by atoms with Crippen LogP contribution in [0, 0.1) is 0 Å². The molecule has 0 fully saturated rings. The van der Waals surface area contributed by atoms with E-state index in [1.807, 2.05) is 0 Å². The largest absolute Gasteiger partial charge is 0.439 e. The van der Waals surface area contributed by atoms with Crippen LogP contribution in [0.15, 0.2) is 60.7 Å². The molecule has 2 aromatic carbocycles. The molecule has 2 aromatic rings. The third-order valence-electron chi connectivity index (χ3n) is 2.56. The Labute approximate surface area is 125 Å². The van der Waals surface area contributed by atoms with Crippen LogP contribution in [0.25, 0.3) is 0 Å². The Morgan fingerprint density at radius 2 is 1.43 bits per heavy atom. The lowest BCUT2D eigenvalue weighted by molar-refractivity contribution is -0.203. The molecule has 0 aromatic heterocycles. The molecule has 0 amide bonds. The number of rotatable bonds is 3. The van der Waals surface area contributed by atoms with Crippen LogP contribution < -0.4 is 4.74 Å². The highest BCUT2D eigenvalue weighted by atomic mass is 32.1. The van der Waals surface area contributed by atoms with Gasteiger partial charge in [0.1, 0.15) is 5.75 Å². The summed E-state index contributed by atoms with van der Waals surface area (Å²) in [6, 6.07) is 15.5. The minimum absolute atomic E-state index is 0.0380. The number of para-hydroxylation sites is 1. The highest BCUT2D eigenvalue weighted by molar-refractivity contribution is 7.79. The van der Waals surface area contributed by atoms with Crippen molar-refractivity contribution in [3.05, 3.63) is 66.2 Å². The van der Waals surface area contributed by atoms with Crippen molar-refractivity contribution in [1.82, 2.24) is 0 Å². The predicted molar refractivity (Wildman–Crippen MR) is 76.0 cm³/mol. The van der Waals surface area contributed by atoms with Crippen LogP contribution in [0.4, 0.5) is 13.2 Å². The maximum atomic E-state index is 13.1. The second-order valence-corrected chi connectivity index (χ2v) is 4.45. The Hall–Kier alpha value is -2.08. The summed E-state index contributed by atoms with van der Waals surface area (Å²) in [7, 11) is 0. The Kier molecular flexibility index (Phi) is 4.80. The number of hydrogen-bond acceptors (Lipinski definition) is 3. The average molecular weight is 312 g/mol. The summed E-state index contributed by atoms with van der Waals surface area (Å²) in [6.45, 7) is 0. The molecule has 110 valence electrons. The van der Waals surface area contributed by atoms with Crippen molar-refractivity contribution in [2.45, 2.75) is 12.3 Å². The van der Waals surface area contributed by atoms with Crippen LogP contribution in [0.2, 0.25) is 0 Å². The summed E-state index contributed by atoms with van der Waals surface area (Å²) in [6.07, 6.45) is -6.75. The van der Waals surface area contributed by atoms with Gasteiger partial charge in [-0.2, -0.15) is 13.2 Å². The Bertz CT molecular complexity index is 585. The molecule has 0 aliphatic carbocycles. The first-order valence-electron chi connectivity index (χ1n) is 6.02. The van der Waals surface area contributed by atoms with Gasteiger partial charge in [0, 0.05) is 17.8 Å².